The molecule has 0 bridgehead atoms. The zero-order chi connectivity index (χ0) is 11.1. The Balaban J connectivity index is 2.30. The quantitative estimate of drug-likeness (QED) is 0.722. The van der Waals surface area contributed by atoms with Crippen LogP contribution in [-0.2, 0) is 11.3 Å². The Hall–Kier alpha value is -1.13. The molecule has 4 nitrogen and oxygen atoms in total. The average molecular weight is 211 g/mol. The largest absolute Gasteiger partial charge is 0.475 e. The van der Waals surface area contributed by atoms with Gasteiger partial charge >= 0.3 is 0 Å². The molecule has 0 unspecified atom stereocenters. The van der Waals surface area contributed by atoms with Crippen LogP contribution in [0.2, 0.25) is 0 Å². The first-order valence-electron chi connectivity index (χ1n) is 5.03. The van der Waals surface area contributed by atoms with Gasteiger partial charge in [-0.25, -0.2) is 4.98 Å². The Kier molecular flexibility index (Phi) is 5.07. The van der Waals surface area contributed by atoms with E-state index < -0.39 is 0 Å². The molecule has 1 rings (SSSR count). The van der Waals surface area contributed by atoms with Gasteiger partial charge in [0.25, 0.3) is 0 Å². The molecule has 84 valence electrons. The number of aromatic nitrogens is 1. The maximum absolute atomic E-state index is 8.86. The number of ether oxygens (including phenoxy) is 2. The molecule has 0 fully saturated rings. The summed E-state index contributed by atoms with van der Waals surface area (Å²) in [6.07, 6.45) is 0.213. The predicted molar refractivity (Wildman–Crippen MR) is 56.7 cm³/mol. The summed E-state index contributed by atoms with van der Waals surface area (Å²) in [5.74, 6) is 0.522. The highest BCUT2D eigenvalue weighted by Gasteiger charge is 1.98. The summed E-state index contributed by atoms with van der Waals surface area (Å²) in [4.78, 5) is 4.08. The molecule has 0 radical (unpaired) electrons. The molecular formula is C11H17NO3. The molecule has 1 heterocycles. The monoisotopic (exact) mass is 211 g/mol. The topological polar surface area (TPSA) is 51.6 Å². The highest BCUT2D eigenvalue weighted by Crippen LogP contribution is 2.07. The van der Waals surface area contributed by atoms with Crippen LogP contribution in [0.1, 0.15) is 19.5 Å². The number of hydrogen-bond acceptors (Lipinski definition) is 4. The van der Waals surface area contributed by atoms with E-state index in [1.165, 1.54) is 0 Å². The summed E-state index contributed by atoms with van der Waals surface area (Å²) >= 11 is 0. The number of nitrogens with zero attached hydrogens (tertiary/aromatic N) is 1. The fourth-order valence-corrected chi connectivity index (χ4v) is 1.06. The summed E-state index contributed by atoms with van der Waals surface area (Å²) in [5, 5.41) is 8.86. The molecule has 1 aromatic heterocycles. The molecular weight excluding hydrogens is 194 g/mol. The zero-order valence-electron chi connectivity index (χ0n) is 9.14. The highest BCUT2D eigenvalue weighted by molar-refractivity contribution is 5.15. The molecule has 0 saturated carbocycles. The fourth-order valence-electron chi connectivity index (χ4n) is 1.06. The fraction of sp³-hybridized carbons (Fsp3) is 0.545. The van der Waals surface area contributed by atoms with Crippen LogP contribution in [0.25, 0.3) is 0 Å². The normalized spacial score (nSPS) is 10.7. The van der Waals surface area contributed by atoms with E-state index in [1.54, 1.807) is 18.2 Å². The maximum atomic E-state index is 8.86. The molecule has 0 spiro atoms. The Bertz CT molecular complexity index is 289. The van der Waals surface area contributed by atoms with Crippen molar-refractivity contribution in [2.45, 2.75) is 26.6 Å². The third kappa shape index (κ3) is 4.76. The van der Waals surface area contributed by atoms with E-state index in [1.807, 2.05) is 13.8 Å². The van der Waals surface area contributed by atoms with Crippen molar-refractivity contribution in [1.82, 2.24) is 4.98 Å². The highest BCUT2D eigenvalue weighted by atomic mass is 16.5. The Labute approximate surface area is 89.9 Å². The molecule has 0 aliphatic heterocycles. The minimum atomic E-state index is -0.0697. The Morgan fingerprint density at radius 3 is 2.80 bits per heavy atom. The van der Waals surface area contributed by atoms with Gasteiger partial charge in [-0.1, -0.05) is 6.07 Å². The summed E-state index contributed by atoms with van der Waals surface area (Å²) in [7, 11) is 0. The van der Waals surface area contributed by atoms with Gasteiger partial charge in [0, 0.05) is 6.07 Å². The molecule has 1 aromatic rings. The summed E-state index contributed by atoms with van der Waals surface area (Å²) in [6.45, 7) is 4.90. The van der Waals surface area contributed by atoms with Crippen LogP contribution < -0.4 is 4.74 Å². The van der Waals surface area contributed by atoms with Gasteiger partial charge in [-0.15, -0.1) is 0 Å². The minimum absolute atomic E-state index is 0.0697. The molecule has 0 aliphatic carbocycles. The van der Waals surface area contributed by atoms with Gasteiger partial charge in [0.15, 0.2) is 0 Å². The molecule has 1 N–H and O–H groups in total. The van der Waals surface area contributed by atoms with Crippen LogP contribution in [0.15, 0.2) is 18.2 Å². The SMILES string of the molecule is CC(C)OCCOc1cccc(CO)n1. The smallest absolute Gasteiger partial charge is 0.213 e. The van der Waals surface area contributed by atoms with Crippen LogP contribution in [-0.4, -0.2) is 29.4 Å². The van der Waals surface area contributed by atoms with Crippen LogP contribution in [0.4, 0.5) is 0 Å². The van der Waals surface area contributed by atoms with Gasteiger partial charge < -0.3 is 14.6 Å². The Morgan fingerprint density at radius 1 is 1.33 bits per heavy atom. The van der Waals surface area contributed by atoms with Gasteiger partial charge in [-0.3, -0.25) is 0 Å². The van der Waals surface area contributed by atoms with Gasteiger partial charge in [0.2, 0.25) is 5.88 Å². The van der Waals surface area contributed by atoms with Crippen molar-refractivity contribution in [3.63, 3.8) is 0 Å². The van der Waals surface area contributed by atoms with Crippen molar-refractivity contribution in [3.8, 4) is 5.88 Å². The van der Waals surface area contributed by atoms with Crippen molar-refractivity contribution < 1.29 is 14.6 Å². The lowest BCUT2D eigenvalue weighted by Gasteiger charge is -2.08. The summed E-state index contributed by atoms with van der Waals surface area (Å²) in [5.41, 5.74) is 0.609. The lowest BCUT2D eigenvalue weighted by Crippen LogP contribution is -2.11. The molecule has 0 atom stereocenters. The molecule has 0 aliphatic rings. The third-order valence-corrected chi connectivity index (χ3v) is 1.73. The van der Waals surface area contributed by atoms with Gasteiger partial charge in [-0.05, 0) is 19.9 Å². The molecule has 0 saturated heterocycles. The minimum Gasteiger partial charge on any atom is -0.475 e. The van der Waals surface area contributed by atoms with E-state index in [0.717, 1.165) is 0 Å². The van der Waals surface area contributed by atoms with Crippen LogP contribution in [0.3, 0.4) is 0 Å². The van der Waals surface area contributed by atoms with E-state index in [9.17, 15) is 0 Å². The molecule has 0 aromatic carbocycles. The second kappa shape index (κ2) is 6.37. The number of aliphatic hydroxyl groups is 1. The standard InChI is InChI=1S/C11H17NO3/c1-9(2)14-6-7-15-11-5-3-4-10(8-13)12-11/h3-5,9,13H,6-8H2,1-2H3. The van der Waals surface area contributed by atoms with Crippen molar-refractivity contribution in [2.75, 3.05) is 13.2 Å². The van der Waals surface area contributed by atoms with Crippen molar-refractivity contribution in [2.24, 2.45) is 0 Å². The predicted octanol–water partition coefficient (Wildman–Crippen LogP) is 1.38. The van der Waals surface area contributed by atoms with E-state index >= 15 is 0 Å². The van der Waals surface area contributed by atoms with E-state index in [4.69, 9.17) is 14.6 Å². The summed E-state index contributed by atoms with van der Waals surface area (Å²) in [6, 6.07) is 5.31. The average Bonchev–Trinajstić information content (AvgIpc) is 2.24. The lowest BCUT2D eigenvalue weighted by atomic mass is 10.4. The maximum Gasteiger partial charge on any atom is 0.213 e. The van der Waals surface area contributed by atoms with Gasteiger partial charge in [-0.2, -0.15) is 0 Å². The van der Waals surface area contributed by atoms with Gasteiger partial charge in [0.05, 0.1) is 25.0 Å². The second-order valence-electron chi connectivity index (χ2n) is 3.39. The molecule has 4 heteroatoms. The number of pyridine rings is 1. The first kappa shape index (κ1) is 11.9. The van der Waals surface area contributed by atoms with Crippen LogP contribution >= 0.6 is 0 Å². The van der Waals surface area contributed by atoms with Gasteiger partial charge in [0.1, 0.15) is 6.61 Å². The summed E-state index contributed by atoms with van der Waals surface area (Å²) < 4.78 is 10.7. The number of aliphatic hydroxyl groups excluding tert-OH is 1. The Morgan fingerprint density at radius 2 is 2.13 bits per heavy atom. The zero-order valence-corrected chi connectivity index (χ0v) is 9.14. The van der Waals surface area contributed by atoms with Crippen molar-refractivity contribution in [1.29, 1.82) is 0 Å². The second-order valence-corrected chi connectivity index (χ2v) is 3.39. The van der Waals surface area contributed by atoms with Crippen LogP contribution in [0.5, 0.6) is 5.88 Å². The van der Waals surface area contributed by atoms with E-state index in [0.29, 0.717) is 24.8 Å². The molecule has 15 heavy (non-hydrogen) atoms. The van der Waals surface area contributed by atoms with E-state index in [2.05, 4.69) is 4.98 Å². The van der Waals surface area contributed by atoms with Crippen molar-refractivity contribution in [3.05, 3.63) is 23.9 Å². The first-order chi connectivity index (χ1) is 7.22. The van der Waals surface area contributed by atoms with Crippen molar-refractivity contribution >= 4 is 0 Å². The number of rotatable bonds is 6. The van der Waals surface area contributed by atoms with E-state index in [-0.39, 0.29) is 12.7 Å². The van der Waals surface area contributed by atoms with Crippen LogP contribution in [0, 0.1) is 0 Å². The third-order valence-electron chi connectivity index (χ3n) is 1.73. The lowest BCUT2D eigenvalue weighted by molar-refractivity contribution is 0.0541. The number of hydrogen-bond donors (Lipinski definition) is 1. The molecule has 0 amide bonds. The first-order valence-corrected chi connectivity index (χ1v) is 5.03.